The van der Waals surface area contributed by atoms with Crippen molar-refractivity contribution in [2.24, 2.45) is 5.41 Å². The number of piperidine rings is 1. The molecule has 154 valence electrons. The summed E-state index contributed by atoms with van der Waals surface area (Å²) in [5, 5.41) is 0. The minimum Gasteiger partial charge on any atom is -0.444 e. The van der Waals surface area contributed by atoms with Crippen LogP contribution in [0, 0.1) is 12.3 Å². The van der Waals surface area contributed by atoms with Crippen LogP contribution in [-0.2, 0) is 4.74 Å². The van der Waals surface area contributed by atoms with Crippen LogP contribution >= 0.6 is 0 Å². The van der Waals surface area contributed by atoms with Gasteiger partial charge in [0.2, 0.25) is 0 Å². The average molecular weight is 385 g/mol. The van der Waals surface area contributed by atoms with Gasteiger partial charge in [0.25, 0.3) is 0 Å². The maximum absolute atomic E-state index is 12.3. The standard InChI is InChI=1S/C24H36N2O2/c1-18-8-5-6-9-20(18)21-10-7-13-26(21)19-16-24(17-19)11-14-25(15-12-24)22(27)28-23(2,3)4/h5-6,8-9,19,21H,7,10-17H2,1-4H3/t21-/m0/s1. The number of benzene rings is 1. The van der Waals surface area contributed by atoms with Crippen LogP contribution < -0.4 is 0 Å². The molecule has 0 N–H and O–H groups in total. The lowest BCUT2D eigenvalue weighted by atomic mass is 9.60. The summed E-state index contributed by atoms with van der Waals surface area (Å²) < 4.78 is 5.55. The normalized spacial score (nSPS) is 25.7. The second kappa shape index (κ2) is 7.37. The van der Waals surface area contributed by atoms with Crippen LogP contribution in [0.3, 0.4) is 0 Å². The van der Waals surface area contributed by atoms with Crippen molar-refractivity contribution in [1.82, 2.24) is 9.80 Å². The Hall–Kier alpha value is -1.55. The van der Waals surface area contributed by atoms with Gasteiger partial charge >= 0.3 is 6.09 Å². The second-order valence-electron chi connectivity index (χ2n) is 10.3. The van der Waals surface area contributed by atoms with Gasteiger partial charge in [0.05, 0.1) is 0 Å². The minimum absolute atomic E-state index is 0.141. The topological polar surface area (TPSA) is 32.8 Å². The highest BCUT2D eigenvalue weighted by molar-refractivity contribution is 5.68. The van der Waals surface area contributed by atoms with Crippen LogP contribution in [0.1, 0.15) is 76.5 Å². The maximum atomic E-state index is 12.3. The van der Waals surface area contributed by atoms with Gasteiger partial charge in [0.1, 0.15) is 5.60 Å². The second-order valence-corrected chi connectivity index (χ2v) is 10.3. The van der Waals surface area contributed by atoms with Crippen molar-refractivity contribution < 1.29 is 9.53 Å². The van der Waals surface area contributed by atoms with Crippen molar-refractivity contribution in [2.45, 2.75) is 83.9 Å². The van der Waals surface area contributed by atoms with E-state index >= 15 is 0 Å². The Labute approximate surface area is 170 Å². The zero-order chi connectivity index (χ0) is 19.9. The van der Waals surface area contributed by atoms with Gasteiger partial charge < -0.3 is 9.64 Å². The van der Waals surface area contributed by atoms with Crippen LogP contribution in [0.2, 0.25) is 0 Å². The fourth-order valence-corrected chi connectivity index (χ4v) is 5.59. The Bertz CT molecular complexity index is 708. The summed E-state index contributed by atoms with van der Waals surface area (Å²) in [5.74, 6) is 0. The highest BCUT2D eigenvalue weighted by Crippen LogP contribution is 2.53. The number of carbonyl (C=O) groups is 1. The highest BCUT2D eigenvalue weighted by Gasteiger charge is 2.50. The molecule has 3 fully saturated rings. The SMILES string of the molecule is Cc1ccccc1[C@@H]1CCCN1C1CC2(CCN(C(=O)OC(C)(C)C)CC2)C1. The zero-order valence-corrected chi connectivity index (χ0v) is 18.0. The van der Waals surface area contributed by atoms with E-state index < -0.39 is 5.60 Å². The van der Waals surface area contributed by atoms with Gasteiger partial charge in [-0.05, 0) is 89.3 Å². The number of aryl methyl sites for hydroxylation is 1. The minimum atomic E-state index is -0.409. The molecule has 1 aromatic rings. The summed E-state index contributed by atoms with van der Waals surface area (Å²) in [6.45, 7) is 11.0. The first-order valence-electron chi connectivity index (χ1n) is 11.1. The van der Waals surface area contributed by atoms with Crippen LogP contribution in [0.5, 0.6) is 0 Å². The Morgan fingerprint density at radius 1 is 1.11 bits per heavy atom. The van der Waals surface area contributed by atoms with Gasteiger partial charge in [0.15, 0.2) is 0 Å². The first kappa shape index (κ1) is 19.8. The smallest absolute Gasteiger partial charge is 0.410 e. The van der Waals surface area contributed by atoms with Gasteiger partial charge in [-0.25, -0.2) is 4.79 Å². The number of likely N-dealkylation sites (tertiary alicyclic amines) is 2. The number of hydrogen-bond donors (Lipinski definition) is 0. The monoisotopic (exact) mass is 384 g/mol. The lowest BCUT2D eigenvalue weighted by Crippen LogP contribution is -2.55. The van der Waals surface area contributed by atoms with Gasteiger partial charge in [-0.2, -0.15) is 0 Å². The van der Waals surface area contributed by atoms with Crippen molar-refractivity contribution in [3.63, 3.8) is 0 Å². The number of amides is 1. The molecule has 2 saturated heterocycles. The molecule has 3 aliphatic rings. The maximum Gasteiger partial charge on any atom is 0.410 e. The first-order chi connectivity index (χ1) is 13.3. The third-order valence-corrected chi connectivity index (χ3v) is 7.12. The Morgan fingerprint density at radius 2 is 1.79 bits per heavy atom. The summed E-state index contributed by atoms with van der Waals surface area (Å²) in [7, 11) is 0. The molecular formula is C24H36N2O2. The summed E-state index contributed by atoms with van der Waals surface area (Å²) in [6, 6.07) is 10.2. The van der Waals surface area contributed by atoms with E-state index in [0.29, 0.717) is 11.5 Å². The molecule has 0 aromatic heterocycles. The van der Waals surface area contributed by atoms with Crippen molar-refractivity contribution in [3.8, 4) is 0 Å². The zero-order valence-electron chi connectivity index (χ0n) is 18.0. The number of rotatable bonds is 2. The summed E-state index contributed by atoms with van der Waals surface area (Å²) in [6.07, 6.45) is 7.33. The van der Waals surface area contributed by atoms with Crippen molar-refractivity contribution >= 4 is 6.09 Å². The van der Waals surface area contributed by atoms with Crippen LogP contribution in [0.25, 0.3) is 0 Å². The summed E-state index contributed by atoms with van der Waals surface area (Å²) >= 11 is 0. The molecule has 4 rings (SSSR count). The first-order valence-corrected chi connectivity index (χ1v) is 11.1. The molecule has 0 bridgehead atoms. The predicted molar refractivity (Wildman–Crippen MR) is 112 cm³/mol. The third-order valence-electron chi connectivity index (χ3n) is 7.12. The van der Waals surface area contributed by atoms with Crippen molar-refractivity contribution in [1.29, 1.82) is 0 Å². The molecule has 1 amide bonds. The van der Waals surface area contributed by atoms with Crippen LogP contribution in [-0.4, -0.2) is 47.2 Å². The molecule has 1 spiro atoms. The fraction of sp³-hybridized carbons (Fsp3) is 0.708. The number of hydrogen-bond acceptors (Lipinski definition) is 3. The lowest BCUT2D eigenvalue weighted by Gasteiger charge is -2.55. The third kappa shape index (κ3) is 3.94. The molecule has 1 atom stereocenters. The molecule has 2 heterocycles. The van der Waals surface area contributed by atoms with E-state index in [0.717, 1.165) is 32.0 Å². The van der Waals surface area contributed by atoms with Crippen LogP contribution in [0.4, 0.5) is 4.79 Å². The summed E-state index contributed by atoms with van der Waals surface area (Å²) in [4.78, 5) is 17.0. The van der Waals surface area contributed by atoms with Crippen molar-refractivity contribution in [3.05, 3.63) is 35.4 Å². The molecule has 0 radical (unpaired) electrons. The Kier molecular flexibility index (Phi) is 5.20. The van der Waals surface area contributed by atoms with E-state index in [2.05, 4.69) is 36.1 Å². The molecule has 0 unspecified atom stereocenters. The molecule has 1 aliphatic carbocycles. The van der Waals surface area contributed by atoms with Gasteiger partial charge in [-0.1, -0.05) is 24.3 Å². The molecule has 4 heteroatoms. The molecular weight excluding hydrogens is 348 g/mol. The van der Waals surface area contributed by atoms with E-state index in [9.17, 15) is 4.79 Å². The number of nitrogens with zero attached hydrogens (tertiary/aromatic N) is 2. The van der Waals surface area contributed by atoms with E-state index in [1.165, 1.54) is 43.4 Å². The fourth-order valence-electron chi connectivity index (χ4n) is 5.59. The lowest BCUT2D eigenvalue weighted by molar-refractivity contribution is -0.0516. The van der Waals surface area contributed by atoms with E-state index in [-0.39, 0.29) is 6.09 Å². The van der Waals surface area contributed by atoms with E-state index in [4.69, 9.17) is 4.74 Å². The number of ether oxygens (including phenoxy) is 1. The Morgan fingerprint density at radius 3 is 2.43 bits per heavy atom. The predicted octanol–water partition coefficient (Wildman–Crippen LogP) is 5.31. The Balaban J connectivity index is 1.32. The van der Waals surface area contributed by atoms with Gasteiger partial charge in [-0.15, -0.1) is 0 Å². The average Bonchev–Trinajstić information content (AvgIpc) is 3.07. The van der Waals surface area contributed by atoms with E-state index in [1.807, 2.05) is 25.7 Å². The van der Waals surface area contributed by atoms with Gasteiger partial charge in [-0.3, -0.25) is 4.90 Å². The number of carbonyl (C=O) groups excluding carboxylic acids is 1. The van der Waals surface area contributed by atoms with E-state index in [1.54, 1.807) is 0 Å². The summed E-state index contributed by atoms with van der Waals surface area (Å²) in [5.41, 5.74) is 3.01. The molecule has 4 nitrogen and oxygen atoms in total. The largest absolute Gasteiger partial charge is 0.444 e. The molecule has 1 saturated carbocycles. The molecule has 28 heavy (non-hydrogen) atoms. The highest BCUT2D eigenvalue weighted by atomic mass is 16.6. The van der Waals surface area contributed by atoms with Crippen molar-refractivity contribution in [2.75, 3.05) is 19.6 Å². The van der Waals surface area contributed by atoms with Crippen LogP contribution in [0.15, 0.2) is 24.3 Å². The quantitative estimate of drug-likeness (QED) is 0.692. The molecule has 2 aliphatic heterocycles. The van der Waals surface area contributed by atoms with Gasteiger partial charge in [0, 0.05) is 25.2 Å². The molecule has 1 aromatic carbocycles.